The van der Waals surface area contributed by atoms with Gasteiger partial charge in [-0.3, -0.25) is 19.2 Å². The fourth-order valence-corrected chi connectivity index (χ4v) is 4.07. The van der Waals surface area contributed by atoms with Crippen molar-refractivity contribution in [1.29, 1.82) is 0 Å². The minimum absolute atomic E-state index is 0.00491. The standard InChI is InChI=1S/C25H37N3O4/c1-4-22(30)11-6-5-7-12-23(28(3)25(32)19-13-15-26-16-14-19)24(31)27-21-10-8-9-20(17-21)18(2)29/h8-10,17,19,23,26H,4-7,11-16H2,1-3H3,(H,27,31)/t23-/m0/s1. The third-order valence-electron chi connectivity index (χ3n) is 6.17. The molecule has 7 nitrogen and oxygen atoms in total. The van der Waals surface area contributed by atoms with E-state index >= 15 is 0 Å². The highest BCUT2D eigenvalue weighted by Gasteiger charge is 2.31. The van der Waals surface area contributed by atoms with Gasteiger partial charge in [-0.25, -0.2) is 0 Å². The molecule has 2 rings (SSSR count). The van der Waals surface area contributed by atoms with Crippen LogP contribution in [0.4, 0.5) is 5.69 Å². The first-order valence-corrected chi connectivity index (χ1v) is 11.7. The summed E-state index contributed by atoms with van der Waals surface area (Å²) in [6, 6.07) is 6.24. The van der Waals surface area contributed by atoms with E-state index in [1.165, 1.54) is 6.92 Å². The summed E-state index contributed by atoms with van der Waals surface area (Å²) in [5.74, 6) is -0.134. The number of benzene rings is 1. The molecule has 1 saturated heterocycles. The van der Waals surface area contributed by atoms with Crippen LogP contribution >= 0.6 is 0 Å². The smallest absolute Gasteiger partial charge is 0.247 e. The Labute approximate surface area is 191 Å². The van der Waals surface area contributed by atoms with Crippen LogP contribution < -0.4 is 10.6 Å². The van der Waals surface area contributed by atoms with E-state index in [2.05, 4.69) is 10.6 Å². The Morgan fingerprint density at radius 1 is 1.12 bits per heavy atom. The highest BCUT2D eigenvalue weighted by molar-refractivity contribution is 5.99. The van der Waals surface area contributed by atoms with E-state index in [0.29, 0.717) is 30.5 Å². The van der Waals surface area contributed by atoms with Gasteiger partial charge in [0.2, 0.25) is 11.8 Å². The van der Waals surface area contributed by atoms with Crippen molar-refractivity contribution in [2.45, 2.75) is 71.3 Å². The molecule has 0 bridgehead atoms. The van der Waals surface area contributed by atoms with Crippen LogP contribution in [0.25, 0.3) is 0 Å². The number of unbranched alkanes of at least 4 members (excludes halogenated alkanes) is 2. The number of Topliss-reactive ketones (excluding diaryl/α,β-unsaturated/α-hetero) is 2. The summed E-state index contributed by atoms with van der Waals surface area (Å²) in [7, 11) is 1.71. The van der Waals surface area contributed by atoms with Gasteiger partial charge in [-0.05, 0) is 57.8 Å². The lowest BCUT2D eigenvalue weighted by Crippen LogP contribution is -2.48. The molecule has 2 amide bonds. The summed E-state index contributed by atoms with van der Waals surface area (Å²) in [6.07, 6.45) is 5.60. The first kappa shape index (κ1) is 25.7. The number of carbonyl (C=O) groups is 4. The lowest BCUT2D eigenvalue weighted by Gasteiger charge is -2.32. The zero-order valence-corrected chi connectivity index (χ0v) is 19.6. The number of carbonyl (C=O) groups excluding carboxylic acids is 4. The summed E-state index contributed by atoms with van der Waals surface area (Å²) in [6.45, 7) is 4.97. The topological polar surface area (TPSA) is 95.6 Å². The lowest BCUT2D eigenvalue weighted by atomic mass is 9.95. The van der Waals surface area contributed by atoms with Crippen molar-refractivity contribution in [1.82, 2.24) is 10.2 Å². The normalized spacial score (nSPS) is 15.1. The third-order valence-corrected chi connectivity index (χ3v) is 6.17. The zero-order valence-electron chi connectivity index (χ0n) is 19.6. The lowest BCUT2D eigenvalue weighted by molar-refractivity contribution is -0.141. The molecule has 0 aromatic heterocycles. The number of nitrogens with one attached hydrogen (secondary N) is 2. The number of ketones is 2. The van der Waals surface area contributed by atoms with Gasteiger partial charge in [0.05, 0.1) is 0 Å². The number of nitrogens with zero attached hydrogens (tertiary/aromatic N) is 1. The summed E-state index contributed by atoms with van der Waals surface area (Å²) in [5.41, 5.74) is 1.07. The van der Waals surface area contributed by atoms with E-state index in [1.807, 2.05) is 6.92 Å². The average Bonchev–Trinajstić information content (AvgIpc) is 2.80. The van der Waals surface area contributed by atoms with Gasteiger partial charge >= 0.3 is 0 Å². The summed E-state index contributed by atoms with van der Waals surface area (Å²) < 4.78 is 0. The molecule has 1 heterocycles. The zero-order chi connectivity index (χ0) is 23.5. The van der Waals surface area contributed by atoms with Gasteiger partial charge in [0.15, 0.2) is 5.78 Å². The summed E-state index contributed by atoms with van der Waals surface area (Å²) >= 11 is 0. The third kappa shape index (κ3) is 7.86. The number of rotatable bonds is 12. The molecule has 176 valence electrons. The van der Waals surface area contributed by atoms with Gasteiger partial charge in [0, 0.05) is 37.1 Å². The van der Waals surface area contributed by atoms with Crippen LogP contribution in [0, 0.1) is 5.92 Å². The van der Waals surface area contributed by atoms with E-state index < -0.39 is 6.04 Å². The van der Waals surface area contributed by atoms with E-state index in [-0.39, 0.29) is 29.3 Å². The molecule has 1 aliphatic rings. The first-order chi connectivity index (χ1) is 15.3. The fraction of sp³-hybridized carbons (Fsp3) is 0.600. The first-order valence-electron chi connectivity index (χ1n) is 11.7. The van der Waals surface area contributed by atoms with Gasteiger partial charge < -0.3 is 15.5 Å². The van der Waals surface area contributed by atoms with E-state index in [0.717, 1.165) is 45.2 Å². The molecule has 0 spiro atoms. The number of hydrogen-bond acceptors (Lipinski definition) is 5. The van der Waals surface area contributed by atoms with E-state index in [4.69, 9.17) is 0 Å². The van der Waals surface area contributed by atoms with Crippen molar-refractivity contribution in [2.75, 3.05) is 25.5 Å². The van der Waals surface area contributed by atoms with Gasteiger partial charge in [-0.15, -0.1) is 0 Å². The Morgan fingerprint density at radius 2 is 1.84 bits per heavy atom. The van der Waals surface area contributed by atoms with Crippen LogP contribution in [-0.2, 0) is 14.4 Å². The monoisotopic (exact) mass is 443 g/mol. The second kappa shape index (κ2) is 13.1. The van der Waals surface area contributed by atoms with Crippen molar-refractivity contribution >= 4 is 29.1 Å². The minimum atomic E-state index is -0.597. The molecule has 32 heavy (non-hydrogen) atoms. The Bertz CT molecular complexity index is 802. The number of anilines is 1. The second-order valence-corrected chi connectivity index (χ2v) is 8.61. The number of hydrogen-bond donors (Lipinski definition) is 2. The molecule has 1 atom stereocenters. The molecule has 2 N–H and O–H groups in total. The van der Waals surface area contributed by atoms with E-state index in [1.54, 1.807) is 36.2 Å². The summed E-state index contributed by atoms with van der Waals surface area (Å²) in [5, 5.41) is 6.16. The largest absolute Gasteiger partial charge is 0.333 e. The molecule has 0 unspecified atom stereocenters. The fourth-order valence-electron chi connectivity index (χ4n) is 4.07. The molecule has 1 fully saturated rings. The maximum atomic E-state index is 13.2. The van der Waals surface area contributed by atoms with Crippen molar-refractivity contribution in [2.24, 2.45) is 5.92 Å². The number of amides is 2. The number of likely N-dealkylation sites (N-methyl/N-ethyl adjacent to an activating group) is 1. The predicted molar refractivity (Wildman–Crippen MR) is 126 cm³/mol. The van der Waals surface area contributed by atoms with Crippen molar-refractivity contribution < 1.29 is 19.2 Å². The van der Waals surface area contributed by atoms with Gasteiger partial charge in [0.1, 0.15) is 11.8 Å². The molecule has 0 radical (unpaired) electrons. The Kier molecular flexibility index (Phi) is 10.5. The second-order valence-electron chi connectivity index (χ2n) is 8.61. The van der Waals surface area contributed by atoms with Crippen LogP contribution in [0.5, 0.6) is 0 Å². The summed E-state index contributed by atoms with van der Waals surface area (Å²) in [4.78, 5) is 51.1. The van der Waals surface area contributed by atoms with Crippen molar-refractivity contribution in [3.8, 4) is 0 Å². The van der Waals surface area contributed by atoms with Crippen LogP contribution in [0.3, 0.4) is 0 Å². The Morgan fingerprint density at radius 3 is 2.50 bits per heavy atom. The van der Waals surface area contributed by atoms with Crippen molar-refractivity contribution in [3.63, 3.8) is 0 Å². The molecular weight excluding hydrogens is 406 g/mol. The van der Waals surface area contributed by atoms with Gasteiger partial charge in [0.25, 0.3) is 0 Å². The SMILES string of the molecule is CCC(=O)CCCCC[C@@H](C(=O)Nc1cccc(C(C)=O)c1)N(C)C(=O)C1CCNCC1. The van der Waals surface area contributed by atoms with Crippen LogP contribution in [0.15, 0.2) is 24.3 Å². The van der Waals surface area contributed by atoms with Crippen LogP contribution in [0.1, 0.15) is 75.6 Å². The van der Waals surface area contributed by atoms with Gasteiger partial charge in [-0.1, -0.05) is 31.9 Å². The van der Waals surface area contributed by atoms with E-state index in [9.17, 15) is 19.2 Å². The highest BCUT2D eigenvalue weighted by Crippen LogP contribution is 2.20. The van der Waals surface area contributed by atoms with Crippen molar-refractivity contribution in [3.05, 3.63) is 29.8 Å². The quantitative estimate of drug-likeness (QED) is 0.380. The predicted octanol–water partition coefficient (Wildman–Crippen LogP) is 3.58. The molecule has 0 saturated carbocycles. The molecular formula is C25H37N3O4. The average molecular weight is 444 g/mol. The molecule has 0 aliphatic carbocycles. The number of piperidine rings is 1. The highest BCUT2D eigenvalue weighted by atomic mass is 16.2. The molecule has 1 aromatic rings. The molecule has 1 aliphatic heterocycles. The van der Waals surface area contributed by atoms with Crippen LogP contribution in [0.2, 0.25) is 0 Å². The maximum absolute atomic E-state index is 13.2. The maximum Gasteiger partial charge on any atom is 0.247 e. The van der Waals surface area contributed by atoms with Crippen LogP contribution in [-0.4, -0.2) is 54.5 Å². The Balaban J connectivity index is 2.06. The molecule has 7 heteroatoms. The minimum Gasteiger partial charge on any atom is -0.333 e. The molecule has 1 aromatic carbocycles. The van der Waals surface area contributed by atoms with Gasteiger partial charge in [-0.2, -0.15) is 0 Å². The Hall–Kier alpha value is -2.54.